The first-order chi connectivity index (χ1) is 8.66. The number of hydrogen-bond donors (Lipinski definition) is 1. The molecule has 2 rings (SSSR count). The Kier molecular flexibility index (Phi) is 4.65. The number of benzene rings is 1. The average Bonchev–Trinajstić information content (AvgIpc) is 2.36. The van der Waals surface area contributed by atoms with Crippen LogP contribution < -0.4 is 5.32 Å². The van der Waals surface area contributed by atoms with Crippen LogP contribution in [-0.2, 0) is 0 Å². The van der Waals surface area contributed by atoms with E-state index in [2.05, 4.69) is 49.3 Å². The molecule has 1 aliphatic heterocycles. The first kappa shape index (κ1) is 13.4. The lowest BCUT2D eigenvalue weighted by atomic mass is 10.00. The summed E-state index contributed by atoms with van der Waals surface area (Å²) in [6.45, 7) is 6.69. The van der Waals surface area contributed by atoms with E-state index in [1.54, 1.807) is 0 Å². The van der Waals surface area contributed by atoms with Crippen LogP contribution >= 0.6 is 0 Å². The molecule has 0 amide bonds. The van der Waals surface area contributed by atoms with Gasteiger partial charge < -0.3 is 10.2 Å². The van der Waals surface area contributed by atoms with Crippen molar-refractivity contribution in [3.63, 3.8) is 0 Å². The van der Waals surface area contributed by atoms with E-state index in [-0.39, 0.29) is 0 Å². The molecule has 1 aromatic carbocycles. The molecule has 1 aliphatic rings. The molecule has 1 unspecified atom stereocenters. The second-order valence-electron chi connectivity index (χ2n) is 5.64. The lowest BCUT2D eigenvalue weighted by Crippen LogP contribution is -2.37. The van der Waals surface area contributed by atoms with Crippen molar-refractivity contribution in [3.05, 3.63) is 29.3 Å². The van der Waals surface area contributed by atoms with Crippen molar-refractivity contribution < 1.29 is 0 Å². The van der Waals surface area contributed by atoms with Crippen LogP contribution in [0.4, 0.5) is 5.69 Å². The Hall–Kier alpha value is -1.02. The van der Waals surface area contributed by atoms with Gasteiger partial charge in [-0.25, -0.2) is 0 Å². The molecular weight excluding hydrogens is 220 g/mol. The fraction of sp³-hybridized carbons (Fsp3) is 0.625. The Bertz CT molecular complexity index is 387. The Morgan fingerprint density at radius 3 is 2.78 bits per heavy atom. The van der Waals surface area contributed by atoms with Gasteiger partial charge in [0.05, 0.1) is 0 Å². The highest BCUT2D eigenvalue weighted by atomic mass is 15.1. The van der Waals surface area contributed by atoms with Crippen LogP contribution in [0.25, 0.3) is 0 Å². The third kappa shape index (κ3) is 3.49. The molecule has 2 heteroatoms. The highest BCUT2D eigenvalue weighted by Crippen LogP contribution is 2.18. The van der Waals surface area contributed by atoms with Gasteiger partial charge in [0.2, 0.25) is 0 Å². The minimum atomic E-state index is 0.776. The van der Waals surface area contributed by atoms with Gasteiger partial charge >= 0.3 is 0 Å². The average molecular weight is 246 g/mol. The summed E-state index contributed by atoms with van der Waals surface area (Å²) in [6, 6.07) is 7.41. The summed E-state index contributed by atoms with van der Waals surface area (Å²) in [5, 5.41) is 3.55. The van der Waals surface area contributed by atoms with Crippen molar-refractivity contribution in [2.24, 2.45) is 0 Å². The van der Waals surface area contributed by atoms with Gasteiger partial charge in [0, 0.05) is 18.3 Å². The molecule has 1 heterocycles. The summed E-state index contributed by atoms with van der Waals surface area (Å²) >= 11 is 0. The number of anilines is 1. The number of piperidine rings is 1. The highest BCUT2D eigenvalue weighted by Gasteiger charge is 2.17. The molecule has 0 bridgehead atoms. The van der Waals surface area contributed by atoms with E-state index in [0.717, 1.165) is 12.6 Å². The lowest BCUT2D eigenvalue weighted by molar-refractivity contribution is 0.179. The van der Waals surface area contributed by atoms with Crippen LogP contribution in [0.15, 0.2) is 18.2 Å². The van der Waals surface area contributed by atoms with Crippen LogP contribution in [0, 0.1) is 13.8 Å². The first-order valence-corrected chi connectivity index (χ1v) is 7.18. The van der Waals surface area contributed by atoms with Gasteiger partial charge in [-0.3, -0.25) is 0 Å². The van der Waals surface area contributed by atoms with Crippen LogP contribution in [0.2, 0.25) is 0 Å². The molecule has 18 heavy (non-hydrogen) atoms. The van der Waals surface area contributed by atoms with Crippen molar-refractivity contribution in [2.45, 2.75) is 45.6 Å². The van der Waals surface area contributed by atoms with Crippen molar-refractivity contribution >= 4 is 5.69 Å². The van der Waals surface area contributed by atoms with E-state index in [1.165, 1.54) is 49.0 Å². The Balaban J connectivity index is 1.79. The molecule has 0 saturated carbocycles. The van der Waals surface area contributed by atoms with Crippen LogP contribution in [0.3, 0.4) is 0 Å². The fourth-order valence-corrected chi connectivity index (χ4v) is 2.74. The smallest absolute Gasteiger partial charge is 0.0343 e. The summed E-state index contributed by atoms with van der Waals surface area (Å²) in [4.78, 5) is 2.52. The molecule has 1 aromatic rings. The monoisotopic (exact) mass is 246 g/mol. The Morgan fingerprint density at radius 1 is 1.22 bits per heavy atom. The maximum Gasteiger partial charge on any atom is 0.0343 e. The Morgan fingerprint density at radius 2 is 2.06 bits per heavy atom. The predicted octanol–water partition coefficient (Wildman–Crippen LogP) is 3.59. The third-order valence-electron chi connectivity index (χ3n) is 4.24. The van der Waals surface area contributed by atoms with Crippen LogP contribution in [0.5, 0.6) is 0 Å². The van der Waals surface area contributed by atoms with Gasteiger partial charge in [-0.05, 0) is 70.0 Å². The molecule has 1 saturated heterocycles. The van der Waals surface area contributed by atoms with Crippen molar-refractivity contribution in [1.82, 2.24) is 4.90 Å². The third-order valence-corrected chi connectivity index (χ3v) is 4.24. The molecule has 1 N–H and O–H groups in total. The Labute approximate surface area is 111 Å². The van der Waals surface area contributed by atoms with E-state index in [9.17, 15) is 0 Å². The quantitative estimate of drug-likeness (QED) is 0.873. The second kappa shape index (κ2) is 6.24. The number of rotatable bonds is 4. The van der Waals surface area contributed by atoms with E-state index in [4.69, 9.17) is 0 Å². The lowest BCUT2D eigenvalue weighted by Gasteiger charge is -2.32. The minimum Gasteiger partial charge on any atom is -0.385 e. The summed E-state index contributed by atoms with van der Waals surface area (Å²) in [7, 11) is 2.26. The normalized spacial score (nSPS) is 20.9. The number of nitrogens with one attached hydrogen (secondary N) is 1. The summed E-state index contributed by atoms with van der Waals surface area (Å²) in [5.74, 6) is 0. The van der Waals surface area contributed by atoms with Gasteiger partial charge in [0.15, 0.2) is 0 Å². The zero-order valence-corrected chi connectivity index (χ0v) is 12.0. The van der Waals surface area contributed by atoms with Crippen LogP contribution in [0.1, 0.15) is 36.8 Å². The van der Waals surface area contributed by atoms with Crippen LogP contribution in [-0.4, -0.2) is 31.1 Å². The molecule has 2 nitrogen and oxygen atoms in total. The summed E-state index contributed by atoms with van der Waals surface area (Å²) in [5.41, 5.74) is 4.00. The van der Waals surface area contributed by atoms with Crippen molar-refractivity contribution in [1.29, 1.82) is 0 Å². The SMILES string of the molecule is Cc1ccc(NCCC2CCCCN2C)cc1C. The summed E-state index contributed by atoms with van der Waals surface area (Å²) in [6.07, 6.45) is 5.39. The fourth-order valence-electron chi connectivity index (χ4n) is 2.74. The number of aryl methyl sites for hydroxylation is 2. The van der Waals surface area contributed by atoms with E-state index in [0.29, 0.717) is 0 Å². The molecule has 0 aromatic heterocycles. The molecular formula is C16H26N2. The molecule has 0 spiro atoms. The predicted molar refractivity (Wildman–Crippen MR) is 79.3 cm³/mol. The molecule has 0 radical (unpaired) electrons. The zero-order valence-electron chi connectivity index (χ0n) is 12.0. The standard InChI is InChI=1S/C16H26N2/c1-13-7-8-15(12-14(13)2)17-10-9-16-6-4-5-11-18(16)3/h7-8,12,16-17H,4-6,9-11H2,1-3H3. The second-order valence-corrected chi connectivity index (χ2v) is 5.64. The van der Waals surface area contributed by atoms with E-state index in [1.807, 2.05) is 0 Å². The minimum absolute atomic E-state index is 0.776. The number of hydrogen-bond acceptors (Lipinski definition) is 2. The maximum atomic E-state index is 3.55. The van der Waals surface area contributed by atoms with Gasteiger partial charge in [-0.2, -0.15) is 0 Å². The zero-order chi connectivity index (χ0) is 13.0. The molecule has 1 atom stereocenters. The molecule has 0 aliphatic carbocycles. The van der Waals surface area contributed by atoms with E-state index >= 15 is 0 Å². The topological polar surface area (TPSA) is 15.3 Å². The van der Waals surface area contributed by atoms with Crippen molar-refractivity contribution in [2.75, 3.05) is 25.5 Å². The van der Waals surface area contributed by atoms with Gasteiger partial charge in [-0.1, -0.05) is 12.5 Å². The summed E-state index contributed by atoms with van der Waals surface area (Å²) < 4.78 is 0. The van der Waals surface area contributed by atoms with E-state index < -0.39 is 0 Å². The van der Waals surface area contributed by atoms with Gasteiger partial charge in [0.25, 0.3) is 0 Å². The number of nitrogens with zero attached hydrogens (tertiary/aromatic N) is 1. The highest BCUT2D eigenvalue weighted by molar-refractivity contribution is 5.47. The van der Waals surface area contributed by atoms with Crippen molar-refractivity contribution in [3.8, 4) is 0 Å². The van der Waals surface area contributed by atoms with Gasteiger partial charge in [0.1, 0.15) is 0 Å². The number of likely N-dealkylation sites (tertiary alicyclic amines) is 1. The maximum absolute atomic E-state index is 3.55. The van der Waals surface area contributed by atoms with Gasteiger partial charge in [-0.15, -0.1) is 0 Å². The molecule has 1 fully saturated rings. The largest absolute Gasteiger partial charge is 0.385 e. The first-order valence-electron chi connectivity index (χ1n) is 7.18. The molecule has 100 valence electrons.